The summed E-state index contributed by atoms with van der Waals surface area (Å²) in [6.45, 7) is 4.03. The maximum absolute atomic E-state index is 12.7. The molecule has 0 aliphatic heterocycles. The van der Waals surface area contributed by atoms with Gasteiger partial charge in [0.1, 0.15) is 0 Å². The molecule has 0 aliphatic carbocycles. The molecule has 1 aromatic rings. The van der Waals surface area contributed by atoms with Crippen LogP contribution < -0.4 is 11.1 Å². The molecule has 1 rings (SSSR count). The zero-order valence-electron chi connectivity index (χ0n) is 12.2. The summed E-state index contributed by atoms with van der Waals surface area (Å²) < 4.78 is 0.855. The number of rotatable bonds is 7. The van der Waals surface area contributed by atoms with Gasteiger partial charge in [0.05, 0.1) is 21.1 Å². The summed E-state index contributed by atoms with van der Waals surface area (Å²) in [7, 11) is 0. The molecule has 0 bridgehead atoms. The van der Waals surface area contributed by atoms with Crippen molar-refractivity contribution in [2.24, 2.45) is 11.1 Å². The van der Waals surface area contributed by atoms with E-state index in [-0.39, 0.29) is 10.9 Å². The van der Waals surface area contributed by atoms with Crippen LogP contribution in [0.3, 0.4) is 0 Å². The lowest BCUT2D eigenvalue weighted by atomic mass is 9.78. The van der Waals surface area contributed by atoms with E-state index in [0.29, 0.717) is 23.6 Å². The summed E-state index contributed by atoms with van der Waals surface area (Å²) in [4.78, 5) is 13.0. The Morgan fingerprint density at radius 2 is 1.95 bits per heavy atom. The van der Waals surface area contributed by atoms with Gasteiger partial charge in [-0.15, -0.1) is 0 Å². The number of halogens is 2. The number of nitrogens with two attached hydrogens (primary N) is 1. The zero-order chi connectivity index (χ0) is 16.0. The van der Waals surface area contributed by atoms with Gasteiger partial charge in [0.25, 0.3) is 0 Å². The molecule has 0 saturated heterocycles. The highest BCUT2D eigenvalue weighted by molar-refractivity contribution is 9.10. The van der Waals surface area contributed by atoms with Crippen molar-refractivity contribution < 1.29 is 4.79 Å². The second-order valence-corrected chi connectivity index (χ2v) is 6.79. The number of amides is 1. The van der Waals surface area contributed by atoms with Gasteiger partial charge in [-0.25, -0.2) is 0 Å². The van der Waals surface area contributed by atoms with Crippen LogP contribution in [0, 0.1) is 5.41 Å². The van der Waals surface area contributed by atoms with E-state index < -0.39 is 5.41 Å². The van der Waals surface area contributed by atoms with E-state index in [4.69, 9.17) is 29.6 Å². The SMILES string of the molecule is CCCC(CCC)(C(=O)Nc1ccc(Br)cc1Cl)C(N)=S. The lowest BCUT2D eigenvalue weighted by Crippen LogP contribution is -2.46. The summed E-state index contributed by atoms with van der Waals surface area (Å²) in [5.74, 6) is -0.178. The summed E-state index contributed by atoms with van der Waals surface area (Å²) in [6.07, 6.45) is 2.93. The van der Waals surface area contributed by atoms with Crippen molar-refractivity contribution in [3.63, 3.8) is 0 Å². The smallest absolute Gasteiger partial charge is 0.237 e. The third kappa shape index (κ3) is 4.41. The Morgan fingerprint density at radius 3 is 2.38 bits per heavy atom. The first kappa shape index (κ1) is 18.4. The van der Waals surface area contributed by atoms with Gasteiger partial charge in [-0.3, -0.25) is 4.79 Å². The van der Waals surface area contributed by atoms with Crippen molar-refractivity contribution in [3.8, 4) is 0 Å². The average molecular weight is 392 g/mol. The number of thiocarbonyl (C=S) groups is 1. The van der Waals surface area contributed by atoms with E-state index in [1.165, 1.54) is 0 Å². The molecule has 0 atom stereocenters. The molecule has 3 N–H and O–H groups in total. The van der Waals surface area contributed by atoms with Crippen LogP contribution in [0.5, 0.6) is 0 Å². The number of carbonyl (C=O) groups is 1. The van der Waals surface area contributed by atoms with E-state index in [1.54, 1.807) is 12.1 Å². The molecule has 3 nitrogen and oxygen atoms in total. The van der Waals surface area contributed by atoms with Gasteiger partial charge in [0, 0.05) is 4.47 Å². The first-order valence-electron chi connectivity index (χ1n) is 6.93. The molecule has 0 aliphatic rings. The highest BCUT2D eigenvalue weighted by Gasteiger charge is 2.40. The van der Waals surface area contributed by atoms with Crippen LogP contribution in [0.15, 0.2) is 22.7 Å². The summed E-state index contributed by atoms with van der Waals surface area (Å²) in [5, 5.41) is 3.34. The molecular formula is C15H20BrClN2OS. The average Bonchev–Trinajstić information content (AvgIpc) is 2.41. The Bertz CT molecular complexity index is 530. The number of hydrogen-bond acceptors (Lipinski definition) is 2. The molecule has 0 fully saturated rings. The van der Waals surface area contributed by atoms with Crippen molar-refractivity contribution in [1.29, 1.82) is 0 Å². The number of anilines is 1. The molecule has 21 heavy (non-hydrogen) atoms. The summed E-state index contributed by atoms with van der Waals surface area (Å²) in [5.41, 5.74) is 5.65. The highest BCUT2D eigenvalue weighted by atomic mass is 79.9. The topological polar surface area (TPSA) is 55.1 Å². The van der Waals surface area contributed by atoms with E-state index >= 15 is 0 Å². The third-order valence-electron chi connectivity index (χ3n) is 3.44. The predicted octanol–water partition coefficient (Wildman–Crippen LogP) is 4.91. The standard InChI is InChI=1S/C15H20BrClN2OS/c1-3-7-15(8-4-2,13(18)21)14(20)19-12-6-5-10(16)9-11(12)17/h5-6,9H,3-4,7-8H2,1-2H3,(H2,18,21)(H,19,20). The van der Waals surface area contributed by atoms with Crippen molar-refractivity contribution in [2.45, 2.75) is 39.5 Å². The van der Waals surface area contributed by atoms with E-state index in [0.717, 1.165) is 17.3 Å². The van der Waals surface area contributed by atoms with Crippen LogP contribution in [0.2, 0.25) is 5.02 Å². The van der Waals surface area contributed by atoms with Gasteiger partial charge in [0.2, 0.25) is 5.91 Å². The van der Waals surface area contributed by atoms with Crippen molar-refractivity contribution in [3.05, 3.63) is 27.7 Å². The third-order valence-corrected chi connectivity index (χ3v) is 4.64. The van der Waals surface area contributed by atoms with Crippen LogP contribution >= 0.6 is 39.7 Å². The maximum atomic E-state index is 12.7. The van der Waals surface area contributed by atoms with Gasteiger partial charge in [0.15, 0.2) is 0 Å². The normalized spacial score (nSPS) is 11.2. The Balaban J connectivity index is 3.08. The molecule has 1 amide bonds. The molecule has 0 unspecified atom stereocenters. The van der Waals surface area contributed by atoms with E-state index in [1.807, 2.05) is 19.9 Å². The minimum atomic E-state index is -0.810. The van der Waals surface area contributed by atoms with Gasteiger partial charge in [-0.05, 0) is 31.0 Å². The number of benzene rings is 1. The van der Waals surface area contributed by atoms with E-state index in [9.17, 15) is 4.79 Å². The molecule has 6 heteroatoms. The monoisotopic (exact) mass is 390 g/mol. The first-order chi connectivity index (χ1) is 9.87. The Morgan fingerprint density at radius 1 is 1.38 bits per heavy atom. The van der Waals surface area contributed by atoms with Crippen LogP contribution in [0.1, 0.15) is 39.5 Å². The number of carbonyl (C=O) groups excluding carboxylic acids is 1. The van der Waals surface area contributed by atoms with Crippen molar-refractivity contribution in [2.75, 3.05) is 5.32 Å². The molecule has 0 radical (unpaired) electrons. The summed E-state index contributed by atoms with van der Waals surface area (Å²) >= 11 is 14.7. The van der Waals surface area contributed by atoms with Crippen molar-refractivity contribution in [1.82, 2.24) is 0 Å². The van der Waals surface area contributed by atoms with Gasteiger partial charge in [-0.2, -0.15) is 0 Å². The first-order valence-corrected chi connectivity index (χ1v) is 8.51. The Hall–Kier alpha value is -0.650. The largest absolute Gasteiger partial charge is 0.392 e. The number of nitrogens with one attached hydrogen (secondary N) is 1. The van der Waals surface area contributed by atoms with Gasteiger partial charge >= 0.3 is 0 Å². The van der Waals surface area contributed by atoms with Gasteiger partial charge in [-0.1, -0.05) is 66.4 Å². The molecule has 0 spiro atoms. The van der Waals surface area contributed by atoms with Crippen molar-refractivity contribution >= 4 is 56.3 Å². The molecular weight excluding hydrogens is 372 g/mol. The predicted molar refractivity (Wildman–Crippen MR) is 96.8 cm³/mol. The fraction of sp³-hybridized carbons (Fsp3) is 0.467. The minimum Gasteiger partial charge on any atom is -0.392 e. The van der Waals surface area contributed by atoms with Crippen LogP contribution in [-0.4, -0.2) is 10.9 Å². The lowest BCUT2D eigenvalue weighted by molar-refractivity contribution is -0.122. The second-order valence-electron chi connectivity index (χ2n) is 5.02. The molecule has 0 aromatic heterocycles. The molecule has 0 heterocycles. The lowest BCUT2D eigenvalue weighted by Gasteiger charge is -2.31. The fourth-order valence-electron chi connectivity index (χ4n) is 2.40. The van der Waals surface area contributed by atoms with E-state index in [2.05, 4.69) is 21.2 Å². The van der Waals surface area contributed by atoms with Crippen LogP contribution in [0.25, 0.3) is 0 Å². The number of hydrogen-bond donors (Lipinski definition) is 2. The van der Waals surface area contributed by atoms with Crippen LogP contribution in [-0.2, 0) is 4.79 Å². The van der Waals surface area contributed by atoms with Crippen LogP contribution in [0.4, 0.5) is 5.69 Å². The Labute approximate surface area is 144 Å². The zero-order valence-corrected chi connectivity index (χ0v) is 15.4. The fourth-order valence-corrected chi connectivity index (χ4v) is 3.41. The molecule has 116 valence electrons. The Kier molecular flexibility index (Phi) is 7.10. The quantitative estimate of drug-likeness (QED) is 0.649. The minimum absolute atomic E-state index is 0.178. The highest BCUT2D eigenvalue weighted by Crippen LogP contribution is 2.34. The maximum Gasteiger partial charge on any atom is 0.237 e. The summed E-state index contributed by atoms with van der Waals surface area (Å²) in [6, 6.07) is 5.31. The second kappa shape index (κ2) is 8.11. The molecule has 1 aromatic carbocycles. The molecule has 0 saturated carbocycles. The van der Waals surface area contributed by atoms with Gasteiger partial charge < -0.3 is 11.1 Å².